The number of amides is 1. The van der Waals surface area contributed by atoms with Crippen molar-refractivity contribution >= 4 is 11.6 Å². The molecule has 2 atom stereocenters. The number of aromatic amines is 1. The highest BCUT2D eigenvalue weighted by atomic mass is 16.5. The Bertz CT molecular complexity index is 916. The summed E-state index contributed by atoms with van der Waals surface area (Å²) in [6, 6.07) is 9.27. The maximum atomic E-state index is 13.5. The number of nitrogens with one attached hydrogen (secondary N) is 1. The average Bonchev–Trinajstić information content (AvgIpc) is 3.32. The van der Waals surface area contributed by atoms with Gasteiger partial charge < -0.3 is 19.4 Å². The zero-order chi connectivity index (χ0) is 17.0. The van der Waals surface area contributed by atoms with Crippen molar-refractivity contribution in [3.8, 4) is 5.75 Å². The van der Waals surface area contributed by atoms with Crippen molar-refractivity contribution in [2.45, 2.75) is 24.4 Å². The van der Waals surface area contributed by atoms with Crippen molar-refractivity contribution in [3.05, 3.63) is 58.0 Å². The lowest BCUT2D eigenvalue weighted by molar-refractivity contribution is -0.122. The molecule has 0 aliphatic carbocycles. The number of nitrogens with zero attached hydrogens (tertiary/aromatic N) is 1. The number of hydrogen-bond donors (Lipinski definition) is 1. The van der Waals surface area contributed by atoms with Crippen LogP contribution < -0.4 is 15.2 Å². The van der Waals surface area contributed by atoms with E-state index in [1.54, 1.807) is 6.20 Å². The summed E-state index contributed by atoms with van der Waals surface area (Å²) >= 11 is 0. The average molecular weight is 338 g/mol. The van der Waals surface area contributed by atoms with Gasteiger partial charge in [0, 0.05) is 30.1 Å². The molecule has 6 nitrogen and oxygen atoms in total. The standard InChI is InChI=1S/C19H18N2O4/c22-17-8-14-16(9-20-17)25-11-19(14)13-5-1-2-6-15(13)21(18(19)23)10-12-4-3-7-24-12/h1-2,5-6,8-9,12H,3-4,7,10-11H2,(H,20,22)/t12-,19?/m1/s1. The molecule has 1 spiro atoms. The van der Waals surface area contributed by atoms with Gasteiger partial charge in [-0.3, -0.25) is 9.59 Å². The number of aromatic nitrogens is 1. The van der Waals surface area contributed by atoms with Gasteiger partial charge in [-0.2, -0.15) is 0 Å². The van der Waals surface area contributed by atoms with Gasteiger partial charge in [-0.1, -0.05) is 18.2 Å². The topological polar surface area (TPSA) is 71.6 Å². The van der Waals surface area contributed by atoms with Crippen LogP contribution in [0.15, 0.2) is 41.3 Å². The van der Waals surface area contributed by atoms with E-state index in [2.05, 4.69) is 4.98 Å². The van der Waals surface area contributed by atoms with E-state index in [0.29, 0.717) is 17.9 Å². The number of benzene rings is 1. The highest BCUT2D eigenvalue weighted by molar-refractivity contribution is 6.11. The van der Waals surface area contributed by atoms with E-state index in [4.69, 9.17) is 9.47 Å². The minimum Gasteiger partial charge on any atom is -0.490 e. The van der Waals surface area contributed by atoms with E-state index in [1.807, 2.05) is 29.2 Å². The molecule has 0 bridgehead atoms. The zero-order valence-corrected chi connectivity index (χ0v) is 13.7. The highest BCUT2D eigenvalue weighted by Crippen LogP contribution is 2.51. The fraction of sp³-hybridized carbons (Fsp3) is 0.368. The Morgan fingerprint density at radius 2 is 2.12 bits per heavy atom. The number of anilines is 1. The summed E-state index contributed by atoms with van der Waals surface area (Å²) in [5.41, 5.74) is 1.29. The second kappa shape index (κ2) is 5.20. The van der Waals surface area contributed by atoms with Gasteiger partial charge >= 0.3 is 0 Å². The second-order valence-corrected chi connectivity index (χ2v) is 6.84. The summed E-state index contributed by atoms with van der Waals surface area (Å²) in [4.78, 5) is 29.9. The van der Waals surface area contributed by atoms with E-state index in [1.165, 1.54) is 6.07 Å². The molecule has 25 heavy (non-hydrogen) atoms. The molecule has 1 N–H and O–H groups in total. The molecule has 1 fully saturated rings. The first kappa shape index (κ1) is 14.7. The van der Waals surface area contributed by atoms with Crippen molar-refractivity contribution in [3.63, 3.8) is 0 Å². The van der Waals surface area contributed by atoms with Gasteiger partial charge in [0.15, 0.2) is 0 Å². The van der Waals surface area contributed by atoms with Gasteiger partial charge in [0.05, 0.1) is 12.6 Å². The molecule has 3 aliphatic rings. The second-order valence-electron chi connectivity index (χ2n) is 6.84. The molecule has 2 aromatic rings. The highest BCUT2D eigenvalue weighted by Gasteiger charge is 2.57. The molecule has 5 rings (SSSR count). The van der Waals surface area contributed by atoms with E-state index in [-0.39, 0.29) is 24.2 Å². The molecule has 128 valence electrons. The minimum absolute atomic E-state index is 0.0337. The molecule has 1 aromatic heterocycles. The predicted octanol–water partition coefficient (Wildman–Crippen LogP) is 1.58. The van der Waals surface area contributed by atoms with Crippen LogP contribution in [0.3, 0.4) is 0 Å². The summed E-state index contributed by atoms with van der Waals surface area (Å²) in [7, 11) is 0. The molecular weight excluding hydrogens is 320 g/mol. The molecule has 1 aromatic carbocycles. The summed E-state index contributed by atoms with van der Waals surface area (Å²) in [5.74, 6) is 0.537. The first-order valence-electron chi connectivity index (χ1n) is 8.59. The molecule has 1 amide bonds. The largest absolute Gasteiger partial charge is 0.490 e. The van der Waals surface area contributed by atoms with E-state index >= 15 is 0 Å². The van der Waals surface area contributed by atoms with E-state index < -0.39 is 5.41 Å². The number of H-pyrrole nitrogens is 1. The van der Waals surface area contributed by atoms with Gasteiger partial charge in [-0.15, -0.1) is 0 Å². The smallest absolute Gasteiger partial charge is 0.248 e. The lowest BCUT2D eigenvalue weighted by Gasteiger charge is -2.24. The Hall–Kier alpha value is -2.60. The number of carbonyl (C=O) groups is 1. The zero-order valence-electron chi connectivity index (χ0n) is 13.7. The van der Waals surface area contributed by atoms with Crippen LogP contribution in [0.5, 0.6) is 5.75 Å². The lowest BCUT2D eigenvalue weighted by Crippen LogP contribution is -2.45. The Morgan fingerprint density at radius 1 is 1.24 bits per heavy atom. The molecule has 6 heteroatoms. The number of rotatable bonds is 2. The number of fused-ring (bicyclic) bond motifs is 4. The monoisotopic (exact) mass is 338 g/mol. The maximum absolute atomic E-state index is 13.5. The maximum Gasteiger partial charge on any atom is 0.248 e. The van der Waals surface area contributed by atoms with Crippen LogP contribution in [0.4, 0.5) is 5.69 Å². The fourth-order valence-electron chi connectivity index (χ4n) is 4.27. The van der Waals surface area contributed by atoms with Gasteiger partial charge in [-0.05, 0) is 24.5 Å². The number of carbonyl (C=O) groups excluding carboxylic acids is 1. The van der Waals surface area contributed by atoms with Crippen LogP contribution in [0.2, 0.25) is 0 Å². The normalized spacial score (nSPS) is 26.8. The third kappa shape index (κ3) is 1.94. The van der Waals surface area contributed by atoms with E-state index in [0.717, 1.165) is 30.7 Å². The van der Waals surface area contributed by atoms with Gasteiger partial charge in [-0.25, -0.2) is 0 Å². The Morgan fingerprint density at radius 3 is 2.96 bits per heavy atom. The summed E-state index contributed by atoms with van der Waals surface area (Å²) < 4.78 is 11.5. The van der Waals surface area contributed by atoms with Crippen LogP contribution in [-0.4, -0.2) is 36.8 Å². The molecule has 0 radical (unpaired) electrons. The number of pyridine rings is 1. The van der Waals surface area contributed by atoms with Crippen LogP contribution in [-0.2, 0) is 14.9 Å². The summed E-state index contributed by atoms with van der Waals surface area (Å²) in [5, 5.41) is 0. The van der Waals surface area contributed by atoms with Crippen molar-refractivity contribution in [2.24, 2.45) is 0 Å². The quantitative estimate of drug-likeness (QED) is 0.902. The lowest BCUT2D eigenvalue weighted by atomic mass is 9.77. The van der Waals surface area contributed by atoms with Crippen molar-refractivity contribution in [2.75, 3.05) is 24.7 Å². The predicted molar refractivity (Wildman–Crippen MR) is 91.1 cm³/mol. The number of para-hydroxylation sites is 1. The Labute approximate surface area is 144 Å². The molecule has 1 saturated heterocycles. The SMILES string of the molecule is O=C1N(C[C@H]2CCCO2)c2ccccc2C12COc1c[nH]c(=O)cc12. The Balaban J connectivity index is 1.66. The van der Waals surface area contributed by atoms with Crippen molar-refractivity contribution in [1.29, 1.82) is 0 Å². The van der Waals surface area contributed by atoms with Crippen LogP contribution >= 0.6 is 0 Å². The van der Waals surface area contributed by atoms with Crippen LogP contribution in [0.1, 0.15) is 24.0 Å². The van der Waals surface area contributed by atoms with Crippen LogP contribution in [0, 0.1) is 0 Å². The fourth-order valence-corrected chi connectivity index (χ4v) is 4.27. The van der Waals surface area contributed by atoms with Crippen LogP contribution in [0.25, 0.3) is 0 Å². The van der Waals surface area contributed by atoms with E-state index in [9.17, 15) is 9.59 Å². The van der Waals surface area contributed by atoms with Gasteiger partial charge in [0.1, 0.15) is 17.8 Å². The molecule has 4 heterocycles. The molecular formula is C19H18N2O4. The minimum atomic E-state index is -0.932. The van der Waals surface area contributed by atoms with Crippen molar-refractivity contribution in [1.82, 2.24) is 4.98 Å². The first-order valence-corrected chi connectivity index (χ1v) is 8.59. The molecule has 0 saturated carbocycles. The summed E-state index contributed by atoms with van der Waals surface area (Å²) in [6.07, 6.45) is 3.60. The van der Waals surface area contributed by atoms with Crippen molar-refractivity contribution < 1.29 is 14.3 Å². The van der Waals surface area contributed by atoms with Gasteiger partial charge in [0.25, 0.3) is 0 Å². The number of hydrogen-bond acceptors (Lipinski definition) is 4. The molecule has 3 aliphatic heterocycles. The molecule has 1 unspecified atom stereocenters. The Kier molecular flexibility index (Phi) is 3.06. The third-order valence-electron chi connectivity index (χ3n) is 5.47. The summed E-state index contributed by atoms with van der Waals surface area (Å²) in [6.45, 7) is 1.51. The number of ether oxygens (including phenoxy) is 2. The van der Waals surface area contributed by atoms with Gasteiger partial charge in [0.2, 0.25) is 11.5 Å². The first-order chi connectivity index (χ1) is 12.2. The third-order valence-corrected chi connectivity index (χ3v) is 5.47.